The van der Waals surface area contributed by atoms with Crippen LogP contribution in [-0.2, 0) is 10.0 Å². The molecule has 1 aromatic rings. The first-order valence-corrected chi connectivity index (χ1v) is 11.4. The predicted molar refractivity (Wildman–Crippen MR) is 111 cm³/mol. The minimum atomic E-state index is -3.04. The number of sulfonamides is 1. The van der Waals surface area contributed by atoms with Crippen LogP contribution in [0.5, 0.6) is 0 Å². The predicted octanol–water partition coefficient (Wildman–Crippen LogP) is 2.17. The van der Waals surface area contributed by atoms with Crippen molar-refractivity contribution in [2.45, 2.75) is 26.2 Å². The standard InChI is InChI=1S/C20H30N4O2S/c1-2-21-20(22-11-15-24-12-6-16-27(24,25)26)23-13-9-19(10-14-23)17-18-7-4-3-5-8-18/h3-5,7-8,17H,2,6,9-16H2,1H3,(H,21,22). The van der Waals surface area contributed by atoms with E-state index in [1.54, 1.807) is 4.31 Å². The van der Waals surface area contributed by atoms with Crippen LogP contribution in [0.25, 0.3) is 6.08 Å². The van der Waals surface area contributed by atoms with Gasteiger partial charge in [-0.2, -0.15) is 0 Å². The number of guanidine groups is 1. The summed E-state index contributed by atoms with van der Waals surface area (Å²) < 4.78 is 25.4. The van der Waals surface area contributed by atoms with Crippen molar-refractivity contribution in [3.05, 3.63) is 41.5 Å². The van der Waals surface area contributed by atoms with Gasteiger partial charge in [0.2, 0.25) is 10.0 Å². The molecule has 1 aromatic carbocycles. The van der Waals surface area contributed by atoms with Gasteiger partial charge in [0.1, 0.15) is 0 Å². The molecule has 2 aliphatic heterocycles. The van der Waals surface area contributed by atoms with Crippen LogP contribution < -0.4 is 5.32 Å². The van der Waals surface area contributed by atoms with Crippen molar-refractivity contribution in [2.24, 2.45) is 4.99 Å². The number of piperidine rings is 1. The fourth-order valence-electron chi connectivity index (χ4n) is 3.57. The highest BCUT2D eigenvalue weighted by Crippen LogP contribution is 2.19. The van der Waals surface area contributed by atoms with Gasteiger partial charge in [0.15, 0.2) is 5.96 Å². The zero-order chi connectivity index (χ0) is 19.1. The number of hydrogen-bond acceptors (Lipinski definition) is 3. The summed E-state index contributed by atoms with van der Waals surface area (Å²) in [5.41, 5.74) is 2.73. The Morgan fingerprint density at radius 3 is 2.56 bits per heavy atom. The molecule has 0 bridgehead atoms. The Morgan fingerprint density at radius 1 is 1.19 bits per heavy atom. The molecule has 0 aliphatic carbocycles. The minimum absolute atomic E-state index is 0.277. The quantitative estimate of drug-likeness (QED) is 0.618. The molecule has 148 valence electrons. The Balaban J connectivity index is 1.55. The smallest absolute Gasteiger partial charge is 0.214 e. The summed E-state index contributed by atoms with van der Waals surface area (Å²) in [7, 11) is -3.04. The second kappa shape index (κ2) is 9.37. The lowest BCUT2D eigenvalue weighted by molar-refractivity contribution is 0.374. The van der Waals surface area contributed by atoms with E-state index in [1.807, 2.05) is 6.07 Å². The summed E-state index contributed by atoms with van der Waals surface area (Å²) in [6.07, 6.45) is 5.08. The molecule has 1 N–H and O–H groups in total. The van der Waals surface area contributed by atoms with E-state index < -0.39 is 10.0 Å². The van der Waals surface area contributed by atoms with Gasteiger partial charge < -0.3 is 10.2 Å². The van der Waals surface area contributed by atoms with Gasteiger partial charge in [0, 0.05) is 32.7 Å². The molecule has 0 atom stereocenters. The molecule has 0 amide bonds. The van der Waals surface area contributed by atoms with E-state index in [9.17, 15) is 8.42 Å². The fraction of sp³-hybridized carbons (Fsp3) is 0.550. The third kappa shape index (κ3) is 5.56. The Kier molecular flexibility index (Phi) is 6.90. The Bertz CT molecular complexity index is 764. The first-order valence-electron chi connectivity index (χ1n) is 9.84. The van der Waals surface area contributed by atoms with Gasteiger partial charge in [0.25, 0.3) is 0 Å². The second-order valence-electron chi connectivity index (χ2n) is 7.00. The lowest BCUT2D eigenvalue weighted by atomic mass is 10.0. The van der Waals surface area contributed by atoms with Crippen molar-refractivity contribution in [1.29, 1.82) is 0 Å². The Labute approximate surface area is 163 Å². The van der Waals surface area contributed by atoms with E-state index in [1.165, 1.54) is 11.1 Å². The van der Waals surface area contributed by atoms with Crippen LogP contribution >= 0.6 is 0 Å². The Hall–Kier alpha value is -1.86. The zero-order valence-corrected chi connectivity index (χ0v) is 16.9. The molecule has 27 heavy (non-hydrogen) atoms. The van der Waals surface area contributed by atoms with Crippen molar-refractivity contribution in [3.8, 4) is 0 Å². The highest BCUT2D eigenvalue weighted by atomic mass is 32.2. The van der Waals surface area contributed by atoms with Crippen LogP contribution in [0.15, 0.2) is 40.9 Å². The fourth-order valence-corrected chi connectivity index (χ4v) is 5.09. The monoisotopic (exact) mass is 390 g/mol. The van der Waals surface area contributed by atoms with E-state index in [-0.39, 0.29) is 5.75 Å². The molecular formula is C20H30N4O2S. The molecule has 0 radical (unpaired) electrons. The van der Waals surface area contributed by atoms with Crippen molar-refractivity contribution in [2.75, 3.05) is 45.0 Å². The summed E-state index contributed by atoms with van der Waals surface area (Å²) in [5.74, 6) is 1.17. The van der Waals surface area contributed by atoms with E-state index in [0.29, 0.717) is 19.6 Å². The van der Waals surface area contributed by atoms with Gasteiger partial charge >= 0.3 is 0 Å². The van der Waals surface area contributed by atoms with Gasteiger partial charge in [0.05, 0.1) is 12.3 Å². The van der Waals surface area contributed by atoms with E-state index in [0.717, 1.165) is 44.9 Å². The maximum atomic E-state index is 11.9. The molecule has 0 spiro atoms. The molecule has 2 saturated heterocycles. The van der Waals surface area contributed by atoms with Gasteiger partial charge in [-0.1, -0.05) is 42.0 Å². The number of benzene rings is 1. The summed E-state index contributed by atoms with van der Waals surface area (Å²) in [5, 5.41) is 3.35. The lowest BCUT2D eigenvalue weighted by Crippen LogP contribution is -2.44. The maximum Gasteiger partial charge on any atom is 0.214 e. The second-order valence-corrected chi connectivity index (χ2v) is 9.09. The minimum Gasteiger partial charge on any atom is -0.357 e. The van der Waals surface area contributed by atoms with Crippen LogP contribution in [0.4, 0.5) is 0 Å². The van der Waals surface area contributed by atoms with Crippen molar-refractivity contribution in [1.82, 2.24) is 14.5 Å². The molecule has 0 unspecified atom stereocenters. The van der Waals surface area contributed by atoms with Crippen LogP contribution in [0.3, 0.4) is 0 Å². The van der Waals surface area contributed by atoms with Crippen LogP contribution in [0.2, 0.25) is 0 Å². The zero-order valence-electron chi connectivity index (χ0n) is 16.1. The average molecular weight is 391 g/mol. The summed E-state index contributed by atoms with van der Waals surface area (Å²) in [6.45, 7) is 6.36. The molecule has 3 rings (SSSR count). The molecular weight excluding hydrogens is 360 g/mol. The molecule has 2 heterocycles. The van der Waals surface area contributed by atoms with Gasteiger partial charge in [-0.25, -0.2) is 12.7 Å². The van der Waals surface area contributed by atoms with E-state index in [2.05, 4.69) is 52.5 Å². The molecule has 6 nitrogen and oxygen atoms in total. The van der Waals surface area contributed by atoms with E-state index >= 15 is 0 Å². The number of nitrogens with zero attached hydrogens (tertiary/aromatic N) is 3. The third-order valence-corrected chi connectivity index (χ3v) is 6.98. The van der Waals surface area contributed by atoms with Crippen molar-refractivity contribution in [3.63, 3.8) is 0 Å². The largest absolute Gasteiger partial charge is 0.357 e. The van der Waals surface area contributed by atoms with Gasteiger partial charge in [-0.15, -0.1) is 0 Å². The topological polar surface area (TPSA) is 65.0 Å². The molecule has 7 heteroatoms. The normalized spacial score (nSPS) is 20.7. The van der Waals surface area contributed by atoms with Gasteiger partial charge in [-0.3, -0.25) is 4.99 Å². The van der Waals surface area contributed by atoms with Crippen LogP contribution in [0, 0.1) is 0 Å². The Morgan fingerprint density at radius 2 is 1.93 bits per heavy atom. The maximum absolute atomic E-state index is 11.9. The summed E-state index contributed by atoms with van der Waals surface area (Å²) in [4.78, 5) is 6.96. The number of hydrogen-bond donors (Lipinski definition) is 1. The first kappa shape index (κ1) is 19.9. The van der Waals surface area contributed by atoms with Crippen molar-refractivity contribution < 1.29 is 8.42 Å². The first-order chi connectivity index (χ1) is 13.1. The highest BCUT2D eigenvalue weighted by Gasteiger charge is 2.27. The summed E-state index contributed by atoms with van der Waals surface area (Å²) in [6, 6.07) is 10.4. The highest BCUT2D eigenvalue weighted by molar-refractivity contribution is 7.89. The van der Waals surface area contributed by atoms with Gasteiger partial charge in [-0.05, 0) is 31.7 Å². The SMILES string of the molecule is CCNC(=NCCN1CCCS1(=O)=O)N1CCC(=Cc2ccccc2)CC1. The average Bonchev–Trinajstić information content (AvgIpc) is 3.01. The lowest BCUT2D eigenvalue weighted by Gasteiger charge is -2.31. The van der Waals surface area contributed by atoms with E-state index in [4.69, 9.17) is 0 Å². The molecule has 2 fully saturated rings. The molecule has 2 aliphatic rings. The third-order valence-electron chi connectivity index (χ3n) is 5.02. The molecule has 0 aromatic heterocycles. The number of likely N-dealkylation sites (tertiary alicyclic amines) is 1. The molecule has 0 saturated carbocycles. The number of nitrogens with one attached hydrogen (secondary N) is 1. The number of aliphatic imine (C=N–C) groups is 1. The summed E-state index contributed by atoms with van der Waals surface area (Å²) >= 11 is 0. The van der Waals surface area contributed by atoms with Crippen molar-refractivity contribution >= 4 is 22.1 Å². The van der Waals surface area contributed by atoms with Crippen LogP contribution in [0.1, 0.15) is 31.7 Å². The number of rotatable bonds is 5. The van der Waals surface area contributed by atoms with Crippen LogP contribution in [-0.4, -0.2) is 68.6 Å².